The van der Waals surface area contributed by atoms with E-state index < -0.39 is 0 Å². The maximum absolute atomic E-state index is 13.5. The first-order valence-corrected chi connectivity index (χ1v) is 12.0. The number of rotatable bonds is 9. The van der Waals surface area contributed by atoms with E-state index in [1.54, 1.807) is 7.11 Å². The van der Waals surface area contributed by atoms with Crippen LogP contribution in [0.1, 0.15) is 34.9 Å². The van der Waals surface area contributed by atoms with Gasteiger partial charge in [0.05, 0.1) is 18.8 Å². The van der Waals surface area contributed by atoms with Gasteiger partial charge in [0.1, 0.15) is 25.1 Å². The summed E-state index contributed by atoms with van der Waals surface area (Å²) in [6.07, 6.45) is 1.68. The topological polar surface area (TPSA) is 69.3 Å². The number of methoxy groups -OCH3 is 1. The van der Waals surface area contributed by atoms with Crippen LogP contribution >= 0.6 is 0 Å². The summed E-state index contributed by atoms with van der Waals surface area (Å²) in [5, 5.41) is 3.54. The van der Waals surface area contributed by atoms with Gasteiger partial charge in [0.15, 0.2) is 11.5 Å². The first-order chi connectivity index (χ1) is 17.2. The van der Waals surface area contributed by atoms with Crippen molar-refractivity contribution in [3.63, 3.8) is 0 Å². The van der Waals surface area contributed by atoms with Crippen molar-refractivity contribution in [2.75, 3.05) is 38.8 Å². The number of carbonyl (C=O) groups excluding carboxylic acids is 1. The third-order valence-electron chi connectivity index (χ3n) is 6.30. The Morgan fingerprint density at radius 3 is 2.57 bits per heavy atom. The molecule has 0 aliphatic carbocycles. The lowest BCUT2D eigenvalue weighted by Crippen LogP contribution is -2.46. The van der Waals surface area contributed by atoms with Crippen LogP contribution < -0.4 is 19.5 Å². The number of anilines is 1. The first kappa shape index (κ1) is 23.1. The van der Waals surface area contributed by atoms with Gasteiger partial charge in [-0.1, -0.05) is 36.4 Å². The molecular formula is C28H30N2O5. The van der Waals surface area contributed by atoms with Gasteiger partial charge in [-0.3, -0.25) is 4.79 Å². The van der Waals surface area contributed by atoms with E-state index in [4.69, 9.17) is 18.9 Å². The highest BCUT2D eigenvalue weighted by Gasteiger charge is 2.35. The van der Waals surface area contributed by atoms with Crippen molar-refractivity contribution in [1.82, 2.24) is 4.90 Å². The normalized spacial score (nSPS) is 19.1. The highest BCUT2D eigenvalue weighted by atomic mass is 16.5. The molecule has 1 amide bonds. The van der Waals surface area contributed by atoms with Crippen LogP contribution in [0.5, 0.6) is 17.2 Å². The molecule has 7 nitrogen and oxygen atoms in total. The second kappa shape index (κ2) is 10.7. The largest absolute Gasteiger partial charge is 0.493 e. The monoisotopic (exact) mass is 474 g/mol. The quantitative estimate of drug-likeness (QED) is 0.445. The van der Waals surface area contributed by atoms with Crippen molar-refractivity contribution >= 4 is 11.6 Å². The summed E-state index contributed by atoms with van der Waals surface area (Å²) in [5.74, 6) is 2.03. The highest BCUT2D eigenvalue weighted by molar-refractivity contribution is 6.01. The number of carbonyl (C=O) groups is 1. The van der Waals surface area contributed by atoms with Crippen LogP contribution in [0.4, 0.5) is 5.69 Å². The number of fused-ring (bicyclic) bond motifs is 1. The molecule has 0 spiro atoms. The Bertz CT molecular complexity index is 1150. The second-order valence-electron chi connectivity index (χ2n) is 8.61. The number of amides is 1. The fourth-order valence-electron chi connectivity index (χ4n) is 4.55. The number of nitrogens with one attached hydrogen (secondary N) is 1. The van der Waals surface area contributed by atoms with Crippen molar-refractivity contribution in [3.05, 3.63) is 83.9 Å². The Morgan fingerprint density at radius 2 is 1.77 bits per heavy atom. The number of ether oxygens (including phenoxy) is 4. The number of benzene rings is 3. The van der Waals surface area contributed by atoms with Gasteiger partial charge >= 0.3 is 0 Å². The van der Waals surface area contributed by atoms with E-state index in [0.29, 0.717) is 36.8 Å². The molecule has 2 unspecified atom stereocenters. The molecule has 182 valence electrons. The van der Waals surface area contributed by atoms with Crippen LogP contribution in [-0.4, -0.2) is 50.4 Å². The van der Waals surface area contributed by atoms with E-state index in [2.05, 4.69) is 5.32 Å². The maximum Gasteiger partial charge on any atom is 0.257 e. The predicted molar refractivity (Wildman–Crippen MR) is 133 cm³/mol. The van der Waals surface area contributed by atoms with Gasteiger partial charge in [0.2, 0.25) is 0 Å². The molecule has 2 heterocycles. The van der Waals surface area contributed by atoms with Crippen LogP contribution in [0.25, 0.3) is 0 Å². The van der Waals surface area contributed by atoms with Gasteiger partial charge in [0, 0.05) is 18.8 Å². The molecule has 0 radical (unpaired) electrons. The third-order valence-corrected chi connectivity index (χ3v) is 6.30. The van der Waals surface area contributed by atoms with E-state index in [1.807, 2.05) is 77.7 Å². The fourth-order valence-corrected chi connectivity index (χ4v) is 4.55. The number of hydrogen-bond donors (Lipinski definition) is 1. The minimum atomic E-state index is -0.342. The second-order valence-corrected chi connectivity index (χ2v) is 8.61. The SMILES string of the molecule is COc1cc(C2Nc3ccccc3C(=O)N2CC2CCCO2)ccc1OCCOc1ccccc1. The van der Waals surface area contributed by atoms with Crippen LogP contribution in [0.3, 0.4) is 0 Å². The average Bonchev–Trinajstić information content (AvgIpc) is 3.42. The third kappa shape index (κ3) is 5.20. The molecule has 2 atom stereocenters. The van der Waals surface area contributed by atoms with Crippen LogP contribution in [-0.2, 0) is 4.74 Å². The van der Waals surface area contributed by atoms with Crippen molar-refractivity contribution in [3.8, 4) is 17.2 Å². The van der Waals surface area contributed by atoms with Gasteiger partial charge in [-0.2, -0.15) is 0 Å². The molecule has 0 bridgehead atoms. The Labute approximate surface area is 205 Å². The molecule has 1 N–H and O–H groups in total. The first-order valence-electron chi connectivity index (χ1n) is 12.0. The van der Waals surface area contributed by atoms with E-state index in [9.17, 15) is 4.79 Å². The number of nitrogens with zero attached hydrogens (tertiary/aromatic N) is 1. The van der Waals surface area contributed by atoms with E-state index >= 15 is 0 Å². The van der Waals surface area contributed by atoms with Gasteiger partial charge in [-0.15, -0.1) is 0 Å². The predicted octanol–water partition coefficient (Wildman–Crippen LogP) is 4.90. The van der Waals surface area contributed by atoms with Crippen molar-refractivity contribution in [2.45, 2.75) is 25.1 Å². The summed E-state index contributed by atoms with van der Waals surface area (Å²) in [4.78, 5) is 15.3. The summed E-state index contributed by atoms with van der Waals surface area (Å²) in [5.41, 5.74) is 2.41. The molecule has 0 saturated carbocycles. The van der Waals surface area contributed by atoms with Gasteiger partial charge in [-0.25, -0.2) is 0 Å². The summed E-state index contributed by atoms with van der Waals surface area (Å²) in [7, 11) is 1.62. The fraction of sp³-hybridized carbons (Fsp3) is 0.321. The van der Waals surface area contributed by atoms with Crippen LogP contribution in [0.2, 0.25) is 0 Å². The molecule has 7 heteroatoms. The van der Waals surface area contributed by atoms with Gasteiger partial charge in [0.25, 0.3) is 5.91 Å². The average molecular weight is 475 g/mol. The molecule has 1 saturated heterocycles. The zero-order chi connectivity index (χ0) is 24.0. The van der Waals surface area contributed by atoms with Gasteiger partial charge in [-0.05, 0) is 54.8 Å². The van der Waals surface area contributed by atoms with E-state index in [0.717, 1.165) is 36.4 Å². The van der Waals surface area contributed by atoms with Gasteiger partial charge < -0.3 is 29.2 Å². The molecule has 2 aliphatic rings. The molecule has 0 aromatic heterocycles. The number of hydrogen-bond acceptors (Lipinski definition) is 6. The molecule has 3 aromatic carbocycles. The molecular weight excluding hydrogens is 444 g/mol. The zero-order valence-corrected chi connectivity index (χ0v) is 19.8. The lowest BCUT2D eigenvalue weighted by molar-refractivity contribution is 0.0426. The highest BCUT2D eigenvalue weighted by Crippen LogP contribution is 2.37. The summed E-state index contributed by atoms with van der Waals surface area (Å²) >= 11 is 0. The minimum Gasteiger partial charge on any atom is -0.493 e. The smallest absolute Gasteiger partial charge is 0.257 e. The minimum absolute atomic E-state index is 0.00259. The Kier molecular flexibility index (Phi) is 7.04. The van der Waals surface area contributed by atoms with Crippen molar-refractivity contribution in [1.29, 1.82) is 0 Å². The van der Waals surface area contributed by atoms with Crippen molar-refractivity contribution < 1.29 is 23.7 Å². The molecule has 3 aromatic rings. The summed E-state index contributed by atoms with van der Waals surface area (Å²) in [6, 6.07) is 23.0. The molecule has 5 rings (SSSR count). The molecule has 35 heavy (non-hydrogen) atoms. The summed E-state index contributed by atoms with van der Waals surface area (Å²) < 4.78 is 23.1. The van der Waals surface area contributed by atoms with E-state index in [-0.39, 0.29) is 18.2 Å². The molecule has 2 aliphatic heterocycles. The summed E-state index contributed by atoms with van der Waals surface area (Å²) in [6.45, 7) is 2.07. The van der Waals surface area contributed by atoms with Crippen LogP contribution in [0, 0.1) is 0 Å². The standard InChI is InChI=1S/C28H30N2O5/c1-32-26-18-20(13-14-25(26)35-17-16-34-21-8-3-2-4-9-21)27-29-24-12-6-5-11-23(24)28(31)30(27)19-22-10-7-15-33-22/h2-6,8-9,11-14,18,22,27,29H,7,10,15-17,19H2,1H3. The Morgan fingerprint density at radius 1 is 0.971 bits per heavy atom. The lowest BCUT2D eigenvalue weighted by atomic mass is 10.0. The van der Waals surface area contributed by atoms with Crippen molar-refractivity contribution in [2.24, 2.45) is 0 Å². The zero-order valence-electron chi connectivity index (χ0n) is 19.8. The lowest BCUT2D eigenvalue weighted by Gasteiger charge is -2.39. The number of para-hydroxylation sites is 2. The molecule has 1 fully saturated rings. The van der Waals surface area contributed by atoms with E-state index in [1.165, 1.54) is 0 Å². The maximum atomic E-state index is 13.5. The Hall–Kier alpha value is -3.71. The Balaban J connectivity index is 1.33. The van der Waals surface area contributed by atoms with Crippen LogP contribution in [0.15, 0.2) is 72.8 Å².